The summed E-state index contributed by atoms with van der Waals surface area (Å²) in [5.74, 6) is 3.00. The first-order chi connectivity index (χ1) is 5.04. The van der Waals surface area contributed by atoms with Gasteiger partial charge in [-0.15, -0.1) is 0 Å². The SMILES string of the molecule is CN(N)C1=C(O)C(=O)NC1=O. The van der Waals surface area contributed by atoms with Gasteiger partial charge in [0.05, 0.1) is 0 Å². The topological polar surface area (TPSA) is 95.7 Å². The average molecular weight is 157 g/mol. The number of hydrazine groups is 1. The summed E-state index contributed by atoms with van der Waals surface area (Å²) in [5, 5.41) is 11.7. The lowest BCUT2D eigenvalue weighted by Crippen LogP contribution is -2.32. The molecular formula is C5H7N3O3. The van der Waals surface area contributed by atoms with Crippen molar-refractivity contribution < 1.29 is 14.7 Å². The van der Waals surface area contributed by atoms with Crippen LogP contribution in [0.4, 0.5) is 0 Å². The van der Waals surface area contributed by atoms with Gasteiger partial charge in [0.2, 0.25) is 5.76 Å². The van der Waals surface area contributed by atoms with Crippen molar-refractivity contribution in [2.24, 2.45) is 5.84 Å². The van der Waals surface area contributed by atoms with E-state index >= 15 is 0 Å². The predicted octanol–water partition coefficient (Wildman–Crippen LogP) is -1.78. The quantitative estimate of drug-likeness (QED) is 0.237. The van der Waals surface area contributed by atoms with Crippen molar-refractivity contribution in [1.82, 2.24) is 10.3 Å². The van der Waals surface area contributed by atoms with Gasteiger partial charge >= 0.3 is 0 Å². The van der Waals surface area contributed by atoms with E-state index in [4.69, 9.17) is 10.9 Å². The first kappa shape index (κ1) is 7.55. The molecule has 0 radical (unpaired) electrons. The van der Waals surface area contributed by atoms with E-state index in [1.165, 1.54) is 7.05 Å². The fraction of sp³-hybridized carbons (Fsp3) is 0.200. The maximum absolute atomic E-state index is 10.8. The molecule has 0 aromatic carbocycles. The number of nitrogens with one attached hydrogen (secondary N) is 1. The second-order valence-corrected chi connectivity index (χ2v) is 2.09. The second kappa shape index (κ2) is 2.24. The largest absolute Gasteiger partial charge is 0.501 e. The Labute approximate surface area is 62.2 Å². The molecule has 0 spiro atoms. The number of amides is 2. The first-order valence-electron chi connectivity index (χ1n) is 2.81. The number of carbonyl (C=O) groups excluding carboxylic acids is 2. The van der Waals surface area contributed by atoms with Crippen LogP contribution in [0.1, 0.15) is 0 Å². The lowest BCUT2D eigenvalue weighted by molar-refractivity contribution is -0.125. The first-order valence-corrected chi connectivity index (χ1v) is 2.81. The van der Waals surface area contributed by atoms with Crippen LogP contribution in [0.2, 0.25) is 0 Å². The minimum Gasteiger partial charge on any atom is -0.501 e. The Bertz CT molecular complexity index is 256. The Morgan fingerprint density at radius 2 is 2.00 bits per heavy atom. The van der Waals surface area contributed by atoms with Crippen molar-refractivity contribution in [2.75, 3.05) is 7.05 Å². The Hall–Kier alpha value is -1.56. The highest BCUT2D eigenvalue weighted by Crippen LogP contribution is 2.09. The van der Waals surface area contributed by atoms with Gasteiger partial charge in [0.15, 0.2) is 5.70 Å². The van der Waals surface area contributed by atoms with Crippen molar-refractivity contribution in [1.29, 1.82) is 0 Å². The number of imide groups is 1. The molecule has 1 rings (SSSR count). The predicted molar refractivity (Wildman–Crippen MR) is 34.8 cm³/mol. The fourth-order valence-electron chi connectivity index (χ4n) is 0.764. The molecule has 4 N–H and O–H groups in total. The molecule has 0 aromatic rings. The molecule has 6 nitrogen and oxygen atoms in total. The summed E-state index contributed by atoms with van der Waals surface area (Å²) >= 11 is 0. The zero-order valence-corrected chi connectivity index (χ0v) is 5.79. The maximum atomic E-state index is 10.8. The highest BCUT2D eigenvalue weighted by molar-refractivity contribution is 6.17. The number of nitrogens with zero attached hydrogens (tertiary/aromatic N) is 1. The number of likely N-dealkylation sites (N-methyl/N-ethyl adjacent to an activating group) is 1. The third kappa shape index (κ3) is 1.03. The van der Waals surface area contributed by atoms with Crippen LogP contribution < -0.4 is 11.2 Å². The van der Waals surface area contributed by atoms with Crippen molar-refractivity contribution in [2.45, 2.75) is 0 Å². The minimum absolute atomic E-state index is 0.213. The van der Waals surface area contributed by atoms with Gasteiger partial charge in [-0.2, -0.15) is 0 Å². The van der Waals surface area contributed by atoms with E-state index in [1.54, 1.807) is 0 Å². The number of hydrogen-bond acceptors (Lipinski definition) is 5. The molecular weight excluding hydrogens is 150 g/mol. The van der Waals surface area contributed by atoms with Crippen LogP contribution >= 0.6 is 0 Å². The van der Waals surface area contributed by atoms with Crippen molar-refractivity contribution in [3.05, 3.63) is 11.5 Å². The molecule has 0 unspecified atom stereocenters. The van der Waals surface area contributed by atoms with E-state index in [0.29, 0.717) is 0 Å². The summed E-state index contributed by atoms with van der Waals surface area (Å²) in [6, 6.07) is 0. The van der Waals surface area contributed by atoms with E-state index in [-0.39, 0.29) is 5.70 Å². The summed E-state index contributed by atoms with van der Waals surface area (Å²) in [5.41, 5.74) is -0.213. The standard InChI is InChI=1S/C5H7N3O3/c1-8(6)2-3(9)5(11)7-4(2)10/h6H2,1H3,(H2,7,9,10,11). The Kier molecular flexibility index (Phi) is 1.54. The number of aliphatic hydroxyl groups excluding tert-OH is 1. The number of nitrogens with two attached hydrogens (primary N) is 1. The molecule has 1 aliphatic heterocycles. The molecule has 11 heavy (non-hydrogen) atoms. The van der Waals surface area contributed by atoms with Gasteiger partial charge < -0.3 is 10.1 Å². The number of rotatable bonds is 1. The summed E-state index contributed by atoms with van der Waals surface area (Å²) in [4.78, 5) is 21.3. The second-order valence-electron chi connectivity index (χ2n) is 2.09. The van der Waals surface area contributed by atoms with Crippen molar-refractivity contribution in [3.8, 4) is 0 Å². The number of carbonyl (C=O) groups is 2. The lowest BCUT2D eigenvalue weighted by atomic mass is 10.4. The van der Waals surface area contributed by atoms with Crippen molar-refractivity contribution in [3.63, 3.8) is 0 Å². The lowest BCUT2D eigenvalue weighted by Gasteiger charge is -2.09. The van der Waals surface area contributed by atoms with Crippen LogP contribution in [0.15, 0.2) is 11.5 Å². The Morgan fingerprint density at radius 1 is 1.45 bits per heavy atom. The fourth-order valence-corrected chi connectivity index (χ4v) is 0.764. The summed E-state index contributed by atoms with van der Waals surface area (Å²) < 4.78 is 0. The molecule has 0 aliphatic carbocycles. The molecule has 0 bridgehead atoms. The molecule has 0 atom stereocenters. The summed E-state index contributed by atoms with van der Waals surface area (Å²) in [6.45, 7) is 0. The molecule has 0 fully saturated rings. The van der Waals surface area contributed by atoms with E-state index in [0.717, 1.165) is 5.01 Å². The van der Waals surface area contributed by atoms with Crippen LogP contribution in [0.5, 0.6) is 0 Å². The van der Waals surface area contributed by atoms with Gasteiger partial charge in [-0.05, 0) is 0 Å². The van der Waals surface area contributed by atoms with E-state index in [9.17, 15) is 9.59 Å². The molecule has 2 amide bonds. The van der Waals surface area contributed by atoms with Gasteiger partial charge in [0.1, 0.15) is 0 Å². The molecule has 0 aromatic heterocycles. The van der Waals surface area contributed by atoms with Crippen molar-refractivity contribution >= 4 is 11.8 Å². The number of hydrogen-bond donors (Lipinski definition) is 3. The summed E-state index contributed by atoms with van der Waals surface area (Å²) in [7, 11) is 1.35. The van der Waals surface area contributed by atoms with Gasteiger partial charge in [-0.1, -0.05) is 0 Å². The molecule has 1 aliphatic rings. The molecule has 60 valence electrons. The Balaban J connectivity index is 3.07. The monoisotopic (exact) mass is 157 g/mol. The zero-order chi connectivity index (χ0) is 8.59. The van der Waals surface area contributed by atoms with E-state index in [2.05, 4.69) is 0 Å². The van der Waals surface area contributed by atoms with Crippen LogP contribution in [-0.2, 0) is 9.59 Å². The van der Waals surface area contributed by atoms with Gasteiger partial charge in [-0.3, -0.25) is 14.9 Å². The van der Waals surface area contributed by atoms with Crippen LogP contribution in [0, 0.1) is 0 Å². The zero-order valence-electron chi connectivity index (χ0n) is 5.79. The highest BCUT2D eigenvalue weighted by Gasteiger charge is 2.31. The van der Waals surface area contributed by atoms with Gasteiger partial charge in [0, 0.05) is 7.05 Å². The molecule has 6 heteroatoms. The minimum atomic E-state index is -0.817. The average Bonchev–Trinajstić information content (AvgIpc) is 2.07. The Morgan fingerprint density at radius 3 is 2.18 bits per heavy atom. The van der Waals surface area contributed by atoms with Gasteiger partial charge in [-0.25, -0.2) is 5.84 Å². The van der Waals surface area contributed by atoms with E-state index in [1.807, 2.05) is 5.32 Å². The third-order valence-corrected chi connectivity index (χ3v) is 1.23. The molecule has 0 saturated carbocycles. The highest BCUT2D eigenvalue weighted by atomic mass is 16.3. The van der Waals surface area contributed by atoms with Crippen LogP contribution in [-0.4, -0.2) is 29.0 Å². The van der Waals surface area contributed by atoms with Crippen LogP contribution in [0.25, 0.3) is 0 Å². The smallest absolute Gasteiger partial charge is 0.295 e. The summed E-state index contributed by atoms with van der Waals surface area (Å²) in [6.07, 6.45) is 0. The maximum Gasteiger partial charge on any atom is 0.295 e. The van der Waals surface area contributed by atoms with Gasteiger partial charge in [0.25, 0.3) is 11.8 Å². The normalized spacial score (nSPS) is 17.3. The molecule has 0 saturated heterocycles. The van der Waals surface area contributed by atoms with Crippen LogP contribution in [0.3, 0.4) is 0 Å². The third-order valence-electron chi connectivity index (χ3n) is 1.23. The molecule has 1 heterocycles. The van der Waals surface area contributed by atoms with E-state index < -0.39 is 17.6 Å². The number of aliphatic hydroxyl groups is 1.